The molecule has 1 amide bonds. The molecule has 0 fully saturated rings. The van der Waals surface area contributed by atoms with E-state index in [1.807, 2.05) is 6.92 Å². The summed E-state index contributed by atoms with van der Waals surface area (Å²) in [6.07, 6.45) is 2.65. The SMILES string of the molecule is CCCC(C)NC(=O)COc1c(Br)cc(C=O)cc1OC. The summed E-state index contributed by atoms with van der Waals surface area (Å²) in [6, 6.07) is 3.29. The van der Waals surface area contributed by atoms with E-state index in [1.54, 1.807) is 12.1 Å². The van der Waals surface area contributed by atoms with E-state index in [0.29, 0.717) is 21.5 Å². The van der Waals surface area contributed by atoms with Crippen LogP contribution in [0.25, 0.3) is 0 Å². The lowest BCUT2D eigenvalue weighted by molar-refractivity contribution is -0.123. The quantitative estimate of drug-likeness (QED) is 0.726. The van der Waals surface area contributed by atoms with Crippen LogP contribution in [0.3, 0.4) is 0 Å². The molecule has 0 saturated heterocycles. The molecule has 1 unspecified atom stereocenters. The monoisotopic (exact) mass is 357 g/mol. The van der Waals surface area contributed by atoms with E-state index in [0.717, 1.165) is 19.1 Å². The van der Waals surface area contributed by atoms with Gasteiger partial charge in [0.15, 0.2) is 18.1 Å². The van der Waals surface area contributed by atoms with Gasteiger partial charge in [-0.05, 0) is 41.4 Å². The third-order valence-corrected chi connectivity index (χ3v) is 3.45. The van der Waals surface area contributed by atoms with Gasteiger partial charge in [0, 0.05) is 11.6 Å². The number of hydrogen-bond donors (Lipinski definition) is 1. The van der Waals surface area contributed by atoms with Gasteiger partial charge in [0.2, 0.25) is 0 Å². The molecule has 0 saturated carbocycles. The topological polar surface area (TPSA) is 64.6 Å². The predicted octanol–water partition coefficient (Wildman–Crippen LogP) is 2.95. The molecule has 1 N–H and O–H groups in total. The molecule has 5 nitrogen and oxygen atoms in total. The number of ether oxygens (including phenoxy) is 2. The second-order valence-electron chi connectivity index (χ2n) is 4.70. The highest BCUT2D eigenvalue weighted by Crippen LogP contribution is 2.36. The lowest BCUT2D eigenvalue weighted by Gasteiger charge is -2.15. The van der Waals surface area contributed by atoms with Crippen LogP contribution in [-0.2, 0) is 4.79 Å². The van der Waals surface area contributed by atoms with Crippen LogP contribution in [-0.4, -0.2) is 32.0 Å². The molecule has 1 atom stereocenters. The van der Waals surface area contributed by atoms with Crippen molar-refractivity contribution in [3.05, 3.63) is 22.2 Å². The van der Waals surface area contributed by atoms with E-state index in [-0.39, 0.29) is 18.6 Å². The second-order valence-corrected chi connectivity index (χ2v) is 5.55. The van der Waals surface area contributed by atoms with E-state index in [2.05, 4.69) is 28.2 Å². The Kier molecular flexibility index (Phi) is 7.22. The molecule has 1 rings (SSSR count). The van der Waals surface area contributed by atoms with Gasteiger partial charge in [-0.15, -0.1) is 0 Å². The first-order chi connectivity index (χ1) is 10.0. The van der Waals surface area contributed by atoms with Crippen LogP contribution in [0, 0.1) is 0 Å². The average Bonchev–Trinajstić information content (AvgIpc) is 2.45. The molecule has 0 bridgehead atoms. The minimum Gasteiger partial charge on any atom is -0.493 e. The van der Waals surface area contributed by atoms with Crippen molar-refractivity contribution in [3.8, 4) is 11.5 Å². The van der Waals surface area contributed by atoms with E-state index in [4.69, 9.17) is 9.47 Å². The van der Waals surface area contributed by atoms with Crippen LogP contribution in [0.2, 0.25) is 0 Å². The van der Waals surface area contributed by atoms with Crippen molar-refractivity contribution < 1.29 is 19.1 Å². The molecule has 1 aromatic carbocycles. The minimum absolute atomic E-state index is 0.108. The summed E-state index contributed by atoms with van der Waals surface area (Å²) in [4.78, 5) is 22.6. The fourth-order valence-electron chi connectivity index (χ4n) is 1.91. The van der Waals surface area contributed by atoms with Gasteiger partial charge in [0.05, 0.1) is 11.6 Å². The molecule has 21 heavy (non-hydrogen) atoms. The lowest BCUT2D eigenvalue weighted by Crippen LogP contribution is -2.36. The maximum atomic E-state index is 11.8. The fourth-order valence-corrected chi connectivity index (χ4v) is 2.48. The van der Waals surface area contributed by atoms with E-state index < -0.39 is 0 Å². The molecule has 0 aromatic heterocycles. The van der Waals surface area contributed by atoms with Gasteiger partial charge in [-0.1, -0.05) is 13.3 Å². The summed E-state index contributed by atoms with van der Waals surface area (Å²) in [5.74, 6) is 0.617. The Hall–Kier alpha value is -1.56. The summed E-state index contributed by atoms with van der Waals surface area (Å²) >= 11 is 3.31. The molecular weight excluding hydrogens is 338 g/mol. The zero-order valence-corrected chi connectivity index (χ0v) is 14.0. The number of amides is 1. The van der Waals surface area contributed by atoms with Gasteiger partial charge < -0.3 is 14.8 Å². The first-order valence-electron chi connectivity index (χ1n) is 6.76. The summed E-state index contributed by atoms with van der Waals surface area (Å²) in [5.41, 5.74) is 0.465. The van der Waals surface area contributed by atoms with Crippen molar-refractivity contribution in [2.75, 3.05) is 13.7 Å². The number of nitrogens with one attached hydrogen (secondary N) is 1. The second kappa shape index (κ2) is 8.67. The Morgan fingerprint density at radius 3 is 2.76 bits per heavy atom. The first-order valence-corrected chi connectivity index (χ1v) is 7.56. The van der Waals surface area contributed by atoms with Gasteiger partial charge >= 0.3 is 0 Å². The zero-order chi connectivity index (χ0) is 15.8. The molecule has 6 heteroatoms. The summed E-state index contributed by atoms with van der Waals surface area (Å²) in [5, 5.41) is 2.85. The Morgan fingerprint density at radius 2 is 2.19 bits per heavy atom. The lowest BCUT2D eigenvalue weighted by atomic mass is 10.2. The zero-order valence-electron chi connectivity index (χ0n) is 12.4. The summed E-state index contributed by atoms with van der Waals surface area (Å²) in [7, 11) is 1.48. The Bertz CT molecular complexity index is 505. The molecular formula is C15H20BrNO4. The number of carbonyl (C=O) groups excluding carboxylic acids is 2. The number of benzene rings is 1. The summed E-state index contributed by atoms with van der Waals surface area (Å²) in [6.45, 7) is 3.91. The standard InChI is InChI=1S/C15H20BrNO4/c1-4-5-10(2)17-14(19)9-21-15-12(16)6-11(8-18)7-13(15)20-3/h6-8,10H,4-5,9H2,1-3H3,(H,17,19). The van der Waals surface area contributed by atoms with Crippen molar-refractivity contribution in [1.29, 1.82) is 0 Å². The van der Waals surface area contributed by atoms with Crippen LogP contribution in [0.4, 0.5) is 0 Å². The number of hydrogen-bond acceptors (Lipinski definition) is 4. The predicted molar refractivity (Wildman–Crippen MR) is 84.1 cm³/mol. The first kappa shape index (κ1) is 17.5. The van der Waals surface area contributed by atoms with Gasteiger partial charge in [-0.3, -0.25) is 9.59 Å². The Labute approximate surface area is 133 Å². The highest BCUT2D eigenvalue weighted by molar-refractivity contribution is 9.10. The number of carbonyl (C=O) groups is 2. The van der Waals surface area contributed by atoms with Crippen molar-refractivity contribution in [2.45, 2.75) is 32.7 Å². The molecule has 0 aliphatic heterocycles. The Balaban J connectivity index is 2.70. The minimum atomic E-state index is -0.190. The average molecular weight is 358 g/mol. The third kappa shape index (κ3) is 5.38. The van der Waals surface area contributed by atoms with Crippen molar-refractivity contribution in [1.82, 2.24) is 5.32 Å². The van der Waals surface area contributed by atoms with Gasteiger partial charge in [0.1, 0.15) is 6.29 Å². The summed E-state index contributed by atoms with van der Waals surface area (Å²) < 4.78 is 11.2. The Morgan fingerprint density at radius 1 is 1.48 bits per heavy atom. The van der Waals surface area contributed by atoms with Crippen LogP contribution in [0.15, 0.2) is 16.6 Å². The van der Waals surface area contributed by atoms with Gasteiger partial charge in [0.25, 0.3) is 5.91 Å². The number of aldehydes is 1. The number of methoxy groups -OCH3 is 1. The molecule has 116 valence electrons. The normalized spacial score (nSPS) is 11.6. The van der Waals surface area contributed by atoms with E-state index in [1.165, 1.54) is 7.11 Å². The van der Waals surface area contributed by atoms with Crippen molar-refractivity contribution in [2.24, 2.45) is 0 Å². The van der Waals surface area contributed by atoms with Crippen LogP contribution in [0.1, 0.15) is 37.0 Å². The van der Waals surface area contributed by atoms with Crippen molar-refractivity contribution in [3.63, 3.8) is 0 Å². The molecule has 0 aliphatic carbocycles. The molecule has 0 aliphatic rings. The maximum Gasteiger partial charge on any atom is 0.258 e. The molecule has 1 aromatic rings. The van der Waals surface area contributed by atoms with Gasteiger partial charge in [-0.2, -0.15) is 0 Å². The van der Waals surface area contributed by atoms with Crippen LogP contribution >= 0.6 is 15.9 Å². The van der Waals surface area contributed by atoms with E-state index >= 15 is 0 Å². The highest BCUT2D eigenvalue weighted by atomic mass is 79.9. The number of rotatable bonds is 8. The fraction of sp³-hybridized carbons (Fsp3) is 0.467. The van der Waals surface area contributed by atoms with Crippen molar-refractivity contribution >= 4 is 28.1 Å². The number of halogens is 1. The molecule has 0 radical (unpaired) electrons. The van der Waals surface area contributed by atoms with Gasteiger partial charge in [-0.25, -0.2) is 0 Å². The molecule has 0 heterocycles. The largest absolute Gasteiger partial charge is 0.493 e. The maximum absolute atomic E-state index is 11.8. The smallest absolute Gasteiger partial charge is 0.258 e. The van der Waals surface area contributed by atoms with Crippen LogP contribution < -0.4 is 14.8 Å². The highest BCUT2D eigenvalue weighted by Gasteiger charge is 2.14. The molecule has 0 spiro atoms. The third-order valence-electron chi connectivity index (χ3n) is 2.86. The van der Waals surface area contributed by atoms with Crippen LogP contribution in [0.5, 0.6) is 11.5 Å². The van der Waals surface area contributed by atoms with E-state index in [9.17, 15) is 9.59 Å².